The van der Waals surface area contributed by atoms with Crippen molar-refractivity contribution in [2.75, 3.05) is 6.61 Å². The largest absolute Gasteiger partial charge is 0.393 e. The van der Waals surface area contributed by atoms with Gasteiger partial charge in [0.1, 0.15) is 0 Å². The van der Waals surface area contributed by atoms with Crippen molar-refractivity contribution in [3.05, 3.63) is 11.6 Å². The van der Waals surface area contributed by atoms with Gasteiger partial charge < -0.3 is 19.7 Å². The topological polar surface area (TPSA) is 76.0 Å². The van der Waals surface area contributed by atoms with E-state index in [0.717, 1.165) is 50.7 Å². The molecule has 0 radical (unpaired) electrons. The molecular weight excluding hydrogens is 404 g/mol. The minimum absolute atomic E-state index is 0.0459. The zero-order chi connectivity index (χ0) is 22.6. The monoisotopic (exact) mass is 444 g/mol. The second-order valence-electron chi connectivity index (χ2n) is 12.8. The van der Waals surface area contributed by atoms with Crippen LogP contribution in [0, 0.1) is 46.3 Å². The van der Waals surface area contributed by atoms with Crippen LogP contribution in [0.5, 0.6) is 0 Å². The summed E-state index contributed by atoms with van der Waals surface area (Å²) in [6.07, 6.45) is 7.00. The summed E-state index contributed by atoms with van der Waals surface area (Å²) < 4.78 is 13.1. The Morgan fingerprint density at radius 2 is 1.88 bits per heavy atom. The van der Waals surface area contributed by atoms with Crippen LogP contribution in [-0.2, 0) is 14.3 Å². The Kier molecular flexibility index (Phi) is 4.69. The maximum atomic E-state index is 13.6. The first kappa shape index (κ1) is 21.8. The average Bonchev–Trinajstić information content (AvgIpc) is 3.16. The molecule has 3 saturated carbocycles. The van der Waals surface area contributed by atoms with Crippen molar-refractivity contribution in [2.24, 2.45) is 46.3 Å². The molecule has 2 N–H and O–H groups in total. The summed E-state index contributed by atoms with van der Waals surface area (Å²) in [6, 6.07) is 0. The number of carbonyl (C=O) groups is 1. The number of aliphatic hydroxyl groups excluding tert-OH is 2. The second-order valence-corrected chi connectivity index (χ2v) is 12.8. The molecule has 0 bridgehead atoms. The van der Waals surface area contributed by atoms with Crippen LogP contribution in [0.3, 0.4) is 0 Å². The smallest absolute Gasteiger partial charge is 0.171 e. The molecule has 32 heavy (non-hydrogen) atoms. The third-order valence-electron chi connectivity index (χ3n) is 11.1. The summed E-state index contributed by atoms with van der Waals surface area (Å²) in [6.45, 7) is 9.85. The summed E-state index contributed by atoms with van der Waals surface area (Å²) in [5.41, 5.74) is 0.759. The van der Waals surface area contributed by atoms with Crippen LogP contribution in [0.2, 0.25) is 0 Å². The Bertz CT molecular complexity index is 843. The highest BCUT2D eigenvalue weighted by molar-refractivity contribution is 5.94. The number of hydrogen-bond donors (Lipinski definition) is 2. The summed E-state index contributed by atoms with van der Waals surface area (Å²) in [4.78, 5) is 13.6. The molecule has 2 heterocycles. The van der Waals surface area contributed by atoms with Crippen LogP contribution in [0.4, 0.5) is 0 Å². The number of allylic oxidation sites excluding steroid dienone is 1. The van der Waals surface area contributed by atoms with E-state index in [4.69, 9.17) is 9.47 Å². The maximum absolute atomic E-state index is 13.6. The first-order valence-corrected chi connectivity index (χ1v) is 13.0. The zero-order valence-electron chi connectivity index (χ0n) is 20.0. The summed E-state index contributed by atoms with van der Waals surface area (Å²) in [7, 11) is 0. The third kappa shape index (κ3) is 2.68. The number of rotatable bonds is 0. The molecule has 4 aliphatic carbocycles. The molecular formula is C27H40O5. The van der Waals surface area contributed by atoms with E-state index in [9.17, 15) is 15.0 Å². The fraction of sp³-hybridized carbons (Fsp3) is 0.889. The van der Waals surface area contributed by atoms with Crippen molar-refractivity contribution in [1.82, 2.24) is 0 Å². The first-order chi connectivity index (χ1) is 15.1. The molecule has 0 amide bonds. The number of ether oxygens (including phenoxy) is 2. The van der Waals surface area contributed by atoms with Gasteiger partial charge in [-0.15, -0.1) is 0 Å². The van der Waals surface area contributed by atoms with E-state index in [2.05, 4.69) is 27.7 Å². The van der Waals surface area contributed by atoms with Crippen LogP contribution in [0.15, 0.2) is 11.6 Å². The Labute approximate surface area is 191 Å². The van der Waals surface area contributed by atoms with Gasteiger partial charge in [0.05, 0.1) is 24.9 Å². The van der Waals surface area contributed by atoms with Crippen LogP contribution in [0.25, 0.3) is 0 Å². The lowest BCUT2D eigenvalue weighted by atomic mass is 9.45. The Morgan fingerprint density at radius 3 is 2.59 bits per heavy atom. The fourth-order valence-corrected chi connectivity index (χ4v) is 9.52. The molecule has 6 rings (SSSR count). The molecule has 0 aromatic heterocycles. The summed E-state index contributed by atoms with van der Waals surface area (Å²) >= 11 is 0. The van der Waals surface area contributed by atoms with Gasteiger partial charge in [-0.1, -0.05) is 33.3 Å². The summed E-state index contributed by atoms with van der Waals surface area (Å²) in [5, 5.41) is 21.9. The molecule has 12 unspecified atom stereocenters. The van der Waals surface area contributed by atoms with Crippen molar-refractivity contribution in [3.8, 4) is 0 Å². The quantitative estimate of drug-likeness (QED) is 0.593. The van der Waals surface area contributed by atoms with Crippen LogP contribution < -0.4 is 0 Å². The standard InChI is InChI=1S/C27H40O5/c1-14-5-8-27(31-13-14)15(2)23-21(32-27)11-18-22-19(29)10-16-9-17(28)6-7-25(16,3)24(22)20(30)12-26(18,23)4/h10,14-15,17-18,20-24,28,30H,5-9,11-13H2,1-4H3. The van der Waals surface area contributed by atoms with Crippen molar-refractivity contribution in [3.63, 3.8) is 0 Å². The highest BCUT2D eigenvalue weighted by Gasteiger charge is 2.71. The third-order valence-corrected chi connectivity index (χ3v) is 11.1. The molecule has 6 aliphatic rings. The molecule has 2 aliphatic heterocycles. The fourth-order valence-electron chi connectivity index (χ4n) is 9.52. The SMILES string of the molecule is CC1CCC2(OC1)OC1CC3C4C(=O)C=C5CC(O)CCC5(C)C4C(O)CC3(C)C1C2C. The molecule has 5 fully saturated rings. The molecule has 5 nitrogen and oxygen atoms in total. The van der Waals surface area contributed by atoms with Crippen LogP contribution in [0.1, 0.15) is 72.6 Å². The Balaban J connectivity index is 1.35. The van der Waals surface area contributed by atoms with Gasteiger partial charge in [-0.05, 0) is 73.2 Å². The van der Waals surface area contributed by atoms with E-state index in [1.807, 2.05) is 6.08 Å². The van der Waals surface area contributed by atoms with E-state index in [0.29, 0.717) is 18.3 Å². The van der Waals surface area contributed by atoms with Gasteiger partial charge in [0.2, 0.25) is 0 Å². The molecule has 0 aromatic carbocycles. The van der Waals surface area contributed by atoms with Gasteiger partial charge in [-0.3, -0.25) is 4.79 Å². The molecule has 5 heteroatoms. The zero-order valence-corrected chi connectivity index (χ0v) is 20.0. The molecule has 178 valence electrons. The number of ketones is 1. The van der Waals surface area contributed by atoms with Gasteiger partial charge >= 0.3 is 0 Å². The van der Waals surface area contributed by atoms with E-state index >= 15 is 0 Å². The predicted octanol–water partition coefficient (Wildman–Crippen LogP) is 3.86. The minimum atomic E-state index is -0.496. The van der Waals surface area contributed by atoms with Gasteiger partial charge in [-0.25, -0.2) is 0 Å². The first-order valence-electron chi connectivity index (χ1n) is 13.0. The van der Waals surface area contributed by atoms with Gasteiger partial charge in [0.15, 0.2) is 11.6 Å². The minimum Gasteiger partial charge on any atom is -0.393 e. The second kappa shape index (κ2) is 6.90. The Morgan fingerprint density at radius 1 is 1.09 bits per heavy atom. The van der Waals surface area contributed by atoms with Crippen molar-refractivity contribution in [2.45, 2.75) is 96.7 Å². The lowest BCUT2D eigenvalue weighted by Gasteiger charge is -2.59. The number of aliphatic hydroxyl groups is 2. The van der Waals surface area contributed by atoms with Crippen molar-refractivity contribution in [1.29, 1.82) is 0 Å². The molecule has 2 saturated heterocycles. The van der Waals surface area contributed by atoms with Crippen LogP contribution >= 0.6 is 0 Å². The molecule has 0 aromatic rings. The number of carbonyl (C=O) groups excluding carboxylic acids is 1. The highest BCUT2D eigenvalue weighted by Crippen LogP contribution is 2.70. The highest BCUT2D eigenvalue weighted by atomic mass is 16.7. The molecule has 12 atom stereocenters. The summed E-state index contributed by atoms with van der Waals surface area (Å²) in [5.74, 6) is 0.909. The normalized spacial score (nSPS) is 59.2. The van der Waals surface area contributed by atoms with E-state index in [1.165, 1.54) is 0 Å². The molecule has 1 spiro atoms. The lowest BCUT2D eigenvalue weighted by Crippen LogP contribution is -2.59. The van der Waals surface area contributed by atoms with Crippen LogP contribution in [-0.4, -0.2) is 46.7 Å². The van der Waals surface area contributed by atoms with Crippen molar-refractivity contribution < 1.29 is 24.5 Å². The maximum Gasteiger partial charge on any atom is 0.171 e. The van der Waals surface area contributed by atoms with E-state index in [-0.39, 0.29) is 52.5 Å². The van der Waals surface area contributed by atoms with Gasteiger partial charge in [-0.2, -0.15) is 0 Å². The van der Waals surface area contributed by atoms with Crippen molar-refractivity contribution >= 4 is 5.78 Å². The number of hydrogen-bond acceptors (Lipinski definition) is 5. The average molecular weight is 445 g/mol. The van der Waals surface area contributed by atoms with E-state index in [1.54, 1.807) is 0 Å². The Hall–Kier alpha value is -0.750. The predicted molar refractivity (Wildman–Crippen MR) is 119 cm³/mol. The van der Waals surface area contributed by atoms with Gasteiger partial charge in [0, 0.05) is 24.2 Å². The lowest BCUT2D eigenvalue weighted by molar-refractivity contribution is -0.273. The number of fused-ring (bicyclic) bond motifs is 7. The van der Waals surface area contributed by atoms with E-state index < -0.39 is 11.9 Å². The van der Waals surface area contributed by atoms with Gasteiger partial charge in [0.25, 0.3) is 0 Å².